The predicted molar refractivity (Wildman–Crippen MR) is 193 cm³/mol. The normalized spacial score (nSPS) is 17.6. The number of piperidine rings is 1. The molecule has 0 aromatic heterocycles. The van der Waals surface area contributed by atoms with E-state index in [0.29, 0.717) is 30.9 Å². The Balaban J connectivity index is 0.00000102. The molecule has 1 aromatic rings. The molecule has 9 nitrogen and oxygen atoms in total. The van der Waals surface area contributed by atoms with Gasteiger partial charge >= 0.3 is 0 Å². The number of amides is 2. The predicted octanol–water partition coefficient (Wildman–Crippen LogP) is 5.90. The molecule has 0 radical (unpaired) electrons. The molecule has 2 atom stereocenters. The topological polar surface area (TPSA) is 91.4 Å². The summed E-state index contributed by atoms with van der Waals surface area (Å²) in [6.07, 6.45) is 7.59. The molecule has 2 aliphatic rings. The van der Waals surface area contributed by atoms with Crippen LogP contribution in [0.5, 0.6) is 0 Å². The van der Waals surface area contributed by atoms with Crippen LogP contribution < -0.4 is 10.2 Å². The molecule has 0 saturated carbocycles. The van der Waals surface area contributed by atoms with E-state index in [4.69, 9.17) is 9.47 Å². The highest BCUT2D eigenvalue weighted by Gasteiger charge is 2.38. The lowest BCUT2D eigenvalue weighted by atomic mass is 9.91. The molecule has 0 spiro atoms. The molecule has 2 unspecified atom stereocenters. The van der Waals surface area contributed by atoms with Gasteiger partial charge in [0.15, 0.2) is 0 Å². The number of methoxy groups -OCH3 is 1. The Morgan fingerprint density at radius 1 is 1.13 bits per heavy atom. The number of likely N-dealkylation sites (tertiary alicyclic amines) is 1. The number of benzene rings is 1. The standard InChI is InChI=1S/C28H45N3O5S.C5H11N.C3H8/c1-20(2)31(23-10-9-11-29-16-23)26(33)24-15-25(22(4)14-21(24)3)30(12-7-8-13-35-6)27(34)28(5,18-37)17-36-19-32;1-6-4-2-3-5-6;1-3-2/h14-15,19-20,23,29,37H,7-13,16-18H2,1-6H3;2-5H2,1H3;3H2,1-2H3. The van der Waals surface area contributed by atoms with Crippen molar-refractivity contribution in [3.05, 3.63) is 28.8 Å². The van der Waals surface area contributed by atoms with Gasteiger partial charge in [-0.1, -0.05) is 26.3 Å². The van der Waals surface area contributed by atoms with Crippen LogP contribution in [0.3, 0.4) is 0 Å². The first kappa shape index (κ1) is 41.9. The Labute approximate surface area is 285 Å². The van der Waals surface area contributed by atoms with Crippen molar-refractivity contribution in [1.82, 2.24) is 15.1 Å². The number of aryl methyl sites for hydroxylation is 2. The van der Waals surface area contributed by atoms with E-state index < -0.39 is 5.41 Å². The van der Waals surface area contributed by atoms with Gasteiger partial charge in [-0.05, 0) is 117 Å². The van der Waals surface area contributed by atoms with Crippen LogP contribution in [0.15, 0.2) is 12.1 Å². The van der Waals surface area contributed by atoms with E-state index in [9.17, 15) is 14.4 Å². The van der Waals surface area contributed by atoms with E-state index in [1.54, 1.807) is 18.9 Å². The summed E-state index contributed by atoms with van der Waals surface area (Å²) in [7, 11) is 3.83. The quantitative estimate of drug-likeness (QED) is 0.145. The molecule has 10 heteroatoms. The highest BCUT2D eigenvalue weighted by Crippen LogP contribution is 2.32. The maximum atomic E-state index is 14.0. The van der Waals surface area contributed by atoms with E-state index in [1.165, 1.54) is 32.4 Å². The number of carbonyl (C=O) groups is 3. The lowest BCUT2D eigenvalue weighted by molar-refractivity contribution is -0.137. The summed E-state index contributed by atoms with van der Waals surface area (Å²) in [5.74, 6) is 0.000550. The van der Waals surface area contributed by atoms with Crippen molar-refractivity contribution in [2.45, 2.75) is 105 Å². The molecule has 2 fully saturated rings. The first-order valence-electron chi connectivity index (χ1n) is 17.2. The van der Waals surface area contributed by atoms with E-state index >= 15 is 0 Å². The molecule has 0 aliphatic carbocycles. The summed E-state index contributed by atoms with van der Waals surface area (Å²) < 4.78 is 10.2. The number of unbranched alkanes of at least 4 members (excludes halogenated alkanes) is 1. The zero-order valence-electron chi connectivity index (χ0n) is 30.3. The second-order valence-electron chi connectivity index (χ2n) is 13.3. The third-order valence-corrected chi connectivity index (χ3v) is 9.11. The zero-order chi connectivity index (χ0) is 34.7. The number of nitrogens with zero attached hydrogens (tertiary/aromatic N) is 3. The Bertz CT molecular complexity index is 1040. The van der Waals surface area contributed by atoms with Gasteiger partial charge in [0.2, 0.25) is 5.91 Å². The van der Waals surface area contributed by atoms with Crippen LogP contribution in [-0.2, 0) is 19.1 Å². The van der Waals surface area contributed by atoms with Gasteiger partial charge in [0.25, 0.3) is 12.4 Å². The molecule has 46 heavy (non-hydrogen) atoms. The van der Waals surface area contributed by atoms with Gasteiger partial charge in [0.05, 0.1) is 5.41 Å². The van der Waals surface area contributed by atoms with Crippen molar-refractivity contribution < 1.29 is 23.9 Å². The van der Waals surface area contributed by atoms with Crippen LogP contribution in [-0.4, -0.2) is 106 Å². The number of ether oxygens (including phenoxy) is 2. The number of nitrogens with one attached hydrogen (secondary N) is 1. The van der Waals surface area contributed by atoms with E-state index in [2.05, 4.69) is 43.7 Å². The van der Waals surface area contributed by atoms with Crippen LogP contribution in [0.25, 0.3) is 0 Å². The van der Waals surface area contributed by atoms with Crippen LogP contribution in [0.2, 0.25) is 0 Å². The second kappa shape index (κ2) is 22.4. The highest BCUT2D eigenvalue weighted by atomic mass is 32.1. The lowest BCUT2D eigenvalue weighted by Gasteiger charge is -2.38. The molecule has 1 aromatic carbocycles. The van der Waals surface area contributed by atoms with Crippen LogP contribution in [0.4, 0.5) is 5.69 Å². The van der Waals surface area contributed by atoms with Gasteiger partial charge < -0.3 is 29.5 Å². The van der Waals surface area contributed by atoms with Crippen LogP contribution in [0.1, 0.15) is 101 Å². The van der Waals surface area contributed by atoms with Gasteiger partial charge in [0.1, 0.15) is 6.61 Å². The number of thiol groups is 1. The first-order valence-corrected chi connectivity index (χ1v) is 17.9. The van der Waals surface area contributed by atoms with Gasteiger partial charge in [0, 0.05) is 55.9 Å². The Hall–Kier alpha value is -2.14. The molecular formula is C36H64N4O5S. The maximum absolute atomic E-state index is 14.0. The smallest absolute Gasteiger partial charge is 0.293 e. The third kappa shape index (κ3) is 13.2. The van der Waals surface area contributed by atoms with Crippen molar-refractivity contribution in [1.29, 1.82) is 0 Å². The molecular weight excluding hydrogens is 600 g/mol. The van der Waals surface area contributed by atoms with Crippen molar-refractivity contribution in [2.24, 2.45) is 5.41 Å². The Morgan fingerprint density at radius 2 is 1.78 bits per heavy atom. The third-order valence-electron chi connectivity index (χ3n) is 8.41. The first-order chi connectivity index (χ1) is 21.9. The fourth-order valence-electron chi connectivity index (χ4n) is 5.84. The summed E-state index contributed by atoms with van der Waals surface area (Å²) in [6, 6.07) is 4.02. The zero-order valence-corrected chi connectivity index (χ0v) is 31.2. The summed E-state index contributed by atoms with van der Waals surface area (Å²) >= 11 is 4.42. The largest absolute Gasteiger partial charge is 0.467 e. The molecule has 2 heterocycles. The Kier molecular flexibility index (Phi) is 20.4. The highest BCUT2D eigenvalue weighted by molar-refractivity contribution is 7.80. The van der Waals surface area contributed by atoms with Crippen molar-refractivity contribution in [3.63, 3.8) is 0 Å². The number of hydrogen-bond donors (Lipinski definition) is 2. The van der Waals surface area contributed by atoms with Crippen molar-refractivity contribution in [2.75, 3.05) is 70.7 Å². The van der Waals surface area contributed by atoms with Gasteiger partial charge in [-0.15, -0.1) is 0 Å². The SMILES string of the molecule is CCC.CN1CCCC1.COCCCCN(C(=O)C(C)(CS)COC=O)c1cc(C(=O)N(C(C)C)C2CCCNC2)c(C)cc1C. The number of carbonyl (C=O) groups excluding carboxylic acids is 3. The minimum absolute atomic E-state index is 0.0181. The molecule has 2 saturated heterocycles. The molecule has 0 bridgehead atoms. The molecule has 1 N–H and O–H groups in total. The van der Waals surface area contributed by atoms with Gasteiger partial charge in [-0.3, -0.25) is 14.4 Å². The fourth-order valence-corrected chi connectivity index (χ4v) is 6.06. The molecule has 2 amide bonds. The molecule has 264 valence electrons. The van der Waals surface area contributed by atoms with Crippen molar-refractivity contribution >= 4 is 36.6 Å². The Morgan fingerprint density at radius 3 is 2.26 bits per heavy atom. The minimum Gasteiger partial charge on any atom is -0.467 e. The summed E-state index contributed by atoms with van der Waals surface area (Å²) in [6.45, 7) is 19.7. The average molecular weight is 665 g/mol. The molecule has 3 rings (SSSR count). The van der Waals surface area contributed by atoms with Crippen LogP contribution in [0, 0.1) is 19.3 Å². The summed E-state index contributed by atoms with van der Waals surface area (Å²) in [4.78, 5) is 44.9. The number of hydrogen-bond acceptors (Lipinski definition) is 8. The number of anilines is 1. The van der Waals surface area contributed by atoms with E-state index in [1.807, 2.05) is 44.7 Å². The fraction of sp³-hybridized carbons (Fsp3) is 0.750. The van der Waals surface area contributed by atoms with E-state index in [0.717, 1.165) is 49.9 Å². The maximum Gasteiger partial charge on any atom is 0.293 e. The molecule has 2 aliphatic heterocycles. The monoisotopic (exact) mass is 664 g/mol. The summed E-state index contributed by atoms with van der Waals surface area (Å²) in [5.41, 5.74) is 2.08. The van der Waals surface area contributed by atoms with E-state index in [-0.39, 0.29) is 36.3 Å². The average Bonchev–Trinajstić information content (AvgIpc) is 3.52. The summed E-state index contributed by atoms with van der Waals surface area (Å²) in [5, 5.41) is 3.42. The van der Waals surface area contributed by atoms with Crippen LogP contribution >= 0.6 is 12.6 Å². The van der Waals surface area contributed by atoms with Gasteiger partial charge in [-0.25, -0.2) is 0 Å². The van der Waals surface area contributed by atoms with Gasteiger partial charge in [-0.2, -0.15) is 12.6 Å². The second-order valence-corrected chi connectivity index (χ2v) is 13.6. The minimum atomic E-state index is -1.01. The van der Waals surface area contributed by atoms with Crippen molar-refractivity contribution in [3.8, 4) is 0 Å². The number of rotatable bonds is 14. The lowest BCUT2D eigenvalue weighted by Crippen LogP contribution is -2.51.